The molecule has 9 heteroatoms. The first-order valence-electron chi connectivity index (χ1n) is 8.27. The maximum Gasteiger partial charge on any atom is 0.339 e. The Morgan fingerprint density at radius 2 is 1.82 bits per heavy atom. The van der Waals surface area contributed by atoms with E-state index in [-0.39, 0.29) is 11.3 Å². The molecule has 0 unspecified atom stereocenters. The van der Waals surface area contributed by atoms with E-state index in [1.165, 1.54) is 0 Å². The average Bonchev–Trinajstić information content (AvgIpc) is 2.96. The molecule has 3 rings (SSSR count). The number of sulfonamides is 1. The van der Waals surface area contributed by atoms with Crippen molar-refractivity contribution in [3.05, 3.63) is 71.3 Å². The number of carbonyl (C=O) groups is 1. The number of anilines is 1. The maximum absolute atomic E-state index is 13.7. The lowest BCUT2D eigenvalue weighted by Crippen LogP contribution is -2.18. The Morgan fingerprint density at radius 3 is 2.46 bits per heavy atom. The molecule has 0 saturated heterocycles. The quantitative estimate of drug-likeness (QED) is 0.661. The van der Waals surface area contributed by atoms with Gasteiger partial charge in [0, 0.05) is 0 Å². The number of ether oxygens (including phenoxy) is 1. The molecule has 7 nitrogen and oxygen atoms in total. The summed E-state index contributed by atoms with van der Waals surface area (Å²) in [6.07, 6.45) is 0. The largest absolute Gasteiger partial charge is 0.465 e. The Bertz CT molecular complexity index is 1140. The number of aryl methyl sites for hydroxylation is 1. The molecule has 1 heterocycles. The third-order valence-corrected chi connectivity index (χ3v) is 5.56. The monoisotopic (exact) mass is 403 g/mol. The lowest BCUT2D eigenvalue weighted by Gasteiger charge is -2.12. The van der Waals surface area contributed by atoms with E-state index in [4.69, 9.17) is 0 Å². The Kier molecular flexibility index (Phi) is 5.19. The van der Waals surface area contributed by atoms with Crippen LogP contribution in [0.1, 0.15) is 21.7 Å². The predicted molar refractivity (Wildman–Crippen MR) is 102 cm³/mol. The summed E-state index contributed by atoms with van der Waals surface area (Å²) in [7, 11) is -3.16. The number of halogens is 1. The van der Waals surface area contributed by atoms with Gasteiger partial charge >= 0.3 is 5.97 Å². The number of para-hydroxylation sites is 1. The van der Waals surface area contributed by atoms with Gasteiger partial charge in [0.05, 0.1) is 35.4 Å². The Labute approximate surface area is 161 Å². The first kappa shape index (κ1) is 19.6. The van der Waals surface area contributed by atoms with Crippen LogP contribution in [0, 0.1) is 19.7 Å². The van der Waals surface area contributed by atoms with Gasteiger partial charge in [-0.15, -0.1) is 0 Å². The molecule has 0 fully saturated rings. The summed E-state index contributed by atoms with van der Waals surface area (Å²) < 4.78 is 48.2. The number of nitrogens with zero attached hydrogens (tertiary/aromatic N) is 2. The molecule has 0 aliphatic rings. The lowest BCUT2D eigenvalue weighted by atomic mass is 10.2. The number of aromatic nitrogens is 2. The van der Waals surface area contributed by atoms with Crippen LogP contribution in [0.2, 0.25) is 0 Å². The van der Waals surface area contributed by atoms with Crippen LogP contribution in [-0.2, 0) is 14.8 Å². The molecule has 0 aliphatic heterocycles. The van der Waals surface area contributed by atoms with Gasteiger partial charge in [0.1, 0.15) is 10.7 Å². The van der Waals surface area contributed by atoms with Gasteiger partial charge in [-0.05, 0) is 44.2 Å². The predicted octanol–water partition coefficient (Wildman–Crippen LogP) is 3.22. The fraction of sp³-hybridized carbons (Fsp3) is 0.158. The Morgan fingerprint density at radius 1 is 1.14 bits per heavy atom. The van der Waals surface area contributed by atoms with E-state index < -0.39 is 26.7 Å². The normalized spacial score (nSPS) is 11.3. The SMILES string of the molecule is COC(=O)c1ccc(F)cc1S(=O)(=O)Nc1c(C)nn(-c2ccccc2)c1C. The van der Waals surface area contributed by atoms with E-state index in [0.29, 0.717) is 11.4 Å². The molecular weight excluding hydrogens is 385 g/mol. The van der Waals surface area contributed by atoms with Crippen LogP contribution in [0.25, 0.3) is 5.69 Å². The third-order valence-electron chi connectivity index (χ3n) is 4.17. The number of esters is 1. The van der Waals surface area contributed by atoms with E-state index in [2.05, 4.69) is 14.6 Å². The molecule has 146 valence electrons. The molecule has 1 N–H and O–H groups in total. The smallest absolute Gasteiger partial charge is 0.339 e. The van der Waals surface area contributed by atoms with Crippen LogP contribution >= 0.6 is 0 Å². The summed E-state index contributed by atoms with van der Waals surface area (Å²) >= 11 is 0. The number of methoxy groups -OCH3 is 1. The molecule has 0 radical (unpaired) electrons. The zero-order chi connectivity index (χ0) is 20.5. The van der Waals surface area contributed by atoms with E-state index in [1.54, 1.807) is 18.5 Å². The third kappa shape index (κ3) is 3.61. The van der Waals surface area contributed by atoms with E-state index in [0.717, 1.165) is 31.0 Å². The van der Waals surface area contributed by atoms with Crippen molar-refractivity contribution in [2.24, 2.45) is 0 Å². The van der Waals surface area contributed by atoms with Gasteiger partial charge in [-0.25, -0.2) is 22.3 Å². The minimum atomic E-state index is -4.28. The molecular formula is C19H18FN3O4S. The van der Waals surface area contributed by atoms with Gasteiger partial charge in [0.2, 0.25) is 0 Å². The van der Waals surface area contributed by atoms with Crippen LogP contribution in [0.5, 0.6) is 0 Å². The van der Waals surface area contributed by atoms with Crippen LogP contribution < -0.4 is 4.72 Å². The molecule has 1 aromatic heterocycles. The average molecular weight is 403 g/mol. The molecule has 0 amide bonds. The van der Waals surface area contributed by atoms with Crippen molar-refractivity contribution in [3.63, 3.8) is 0 Å². The highest BCUT2D eigenvalue weighted by molar-refractivity contribution is 7.92. The highest BCUT2D eigenvalue weighted by Crippen LogP contribution is 2.27. The maximum atomic E-state index is 13.7. The second-order valence-electron chi connectivity index (χ2n) is 6.03. The molecule has 3 aromatic rings. The fourth-order valence-corrected chi connectivity index (χ4v) is 4.18. The van der Waals surface area contributed by atoms with Crippen molar-refractivity contribution < 1.29 is 22.3 Å². The topological polar surface area (TPSA) is 90.3 Å². The number of carbonyl (C=O) groups excluding carboxylic acids is 1. The van der Waals surface area contributed by atoms with Crippen molar-refractivity contribution in [3.8, 4) is 5.69 Å². The number of hydrogen-bond acceptors (Lipinski definition) is 5. The van der Waals surface area contributed by atoms with Crippen molar-refractivity contribution in [2.45, 2.75) is 18.7 Å². The summed E-state index contributed by atoms with van der Waals surface area (Å²) in [4.78, 5) is 11.4. The summed E-state index contributed by atoms with van der Waals surface area (Å²) in [5.41, 5.74) is 1.73. The van der Waals surface area contributed by atoms with Crippen LogP contribution in [0.15, 0.2) is 53.4 Å². The van der Waals surface area contributed by atoms with Gasteiger partial charge in [-0.2, -0.15) is 5.10 Å². The standard InChI is InChI=1S/C19H18FN3O4S/c1-12-18(13(2)23(21-12)15-7-5-4-6-8-15)22-28(25,26)17-11-14(20)9-10-16(17)19(24)27-3/h4-11,22H,1-3H3. The van der Waals surface area contributed by atoms with E-state index in [1.807, 2.05) is 30.3 Å². The minimum Gasteiger partial charge on any atom is -0.465 e. The molecule has 0 atom stereocenters. The van der Waals surface area contributed by atoms with Crippen LogP contribution in [-0.4, -0.2) is 31.3 Å². The van der Waals surface area contributed by atoms with Crippen molar-refractivity contribution in [1.29, 1.82) is 0 Å². The Hall–Kier alpha value is -3.20. The van der Waals surface area contributed by atoms with Gasteiger partial charge in [-0.1, -0.05) is 18.2 Å². The number of hydrogen-bond donors (Lipinski definition) is 1. The van der Waals surface area contributed by atoms with Crippen LogP contribution in [0.3, 0.4) is 0 Å². The first-order valence-corrected chi connectivity index (χ1v) is 9.75. The second-order valence-corrected chi connectivity index (χ2v) is 7.68. The Balaban J connectivity index is 2.07. The lowest BCUT2D eigenvalue weighted by molar-refractivity contribution is 0.0596. The molecule has 0 bridgehead atoms. The molecule has 0 aliphatic carbocycles. The van der Waals surface area contributed by atoms with Crippen LogP contribution in [0.4, 0.5) is 10.1 Å². The van der Waals surface area contributed by atoms with E-state index in [9.17, 15) is 17.6 Å². The van der Waals surface area contributed by atoms with Crippen molar-refractivity contribution in [1.82, 2.24) is 9.78 Å². The highest BCUT2D eigenvalue weighted by atomic mass is 32.2. The van der Waals surface area contributed by atoms with Gasteiger partial charge in [0.25, 0.3) is 10.0 Å². The van der Waals surface area contributed by atoms with Crippen molar-refractivity contribution in [2.75, 3.05) is 11.8 Å². The summed E-state index contributed by atoms with van der Waals surface area (Å²) in [6, 6.07) is 12.0. The summed E-state index contributed by atoms with van der Waals surface area (Å²) in [5.74, 6) is -1.67. The molecule has 0 spiro atoms. The zero-order valence-corrected chi connectivity index (χ0v) is 16.2. The fourth-order valence-electron chi connectivity index (χ4n) is 2.80. The van der Waals surface area contributed by atoms with E-state index >= 15 is 0 Å². The first-order chi connectivity index (χ1) is 13.2. The zero-order valence-electron chi connectivity index (χ0n) is 15.4. The number of nitrogens with one attached hydrogen (secondary N) is 1. The second kappa shape index (κ2) is 7.43. The molecule has 2 aromatic carbocycles. The number of rotatable bonds is 5. The van der Waals surface area contributed by atoms with Gasteiger partial charge in [-0.3, -0.25) is 4.72 Å². The minimum absolute atomic E-state index is 0.254. The summed E-state index contributed by atoms with van der Waals surface area (Å²) in [6.45, 7) is 3.36. The van der Waals surface area contributed by atoms with Gasteiger partial charge in [0.15, 0.2) is 0 Å². The summed E-state index contributed by atoms with van der Waals surface area (Å²) in [5, 5.41) is 4.37. The van der Waals surface area contributed by atoms with Crippen molar-refractivity contribution >= 4 is 21.7 Å². The molecule has 28 heavy (non-hydrogen) atoms. The highest BCUT2D eigenvalue weighted by Gasteiger charge is 2.26. The van der Waals surface area contributed by atoms with Gasteiger partial charge < -0.3 is 4.74 Å². The number of benzene rings is 2. The molecule has 0 saturated carbocycles.